The minimum Gasteiger partial charge on any atom is -0.449 e. The van der Waals surface area contributed by atoms with E-state index in [-0.39, 0.29) is 11.5 Å². The summed E-state index contributed by atoms with van der Waals surface area (Å²) in [5.41, 5.74) is 2.27. The Hall–Kier alpha value is -1.77. The molecular weight excluding hydrogens is 238 g/mol. The molecule has 0 saturated carbocycles. The highest BCUT2D eigenvalue weighted by molar-refractivity contribution is 5.90. The number of carbonyl (C=O) groups is 1. The summed E-state index contributed by atoms with van der Waals surface area (Å²) in [5.74, 6) is 0. The van der Waals surface area contributed by atoms with Gasteiger partial charge >= 0.3 is 6.09 Å². The molecular formula is C16H21NO2. The van der Waals surface area contributed by atoms with Crippen LogP contribution in [0.3, 0.4) is 0 Å². The van der Waals surface area contributed by atoms with E-state index in [1.165, 1.54) is 5.56 Å². The van der Waals surface area contributed by atoms with E-state index in [1.54, 1.807) is 10.8 Å². The van der Waals surface area contributed by atoms with Gasteiger partial charge in [-0.1, -0.05) is 32.9 Å². The average Bonchev–Trinajstić information content (AvgIpc) is 2.81. The first kappa shape index (κ1) is 13.7. The van der Waals surface area contributed by atoms with Crippen molar-refractivity contribution >= 4 is 17.0 Å². The number of aromatic nitrogens is 1. The fraction of sp³-hybridized carbons (Fsp3) is 0.438. The zero-order chi connectivity index (χ0) is 14.0. The highest BCUT2D eigenvalue weighted by atomic mass is 16.5. The monoisotopic (exact) mass is 259 g/mol. The molecule has 0 radical (unpaired) electrons. The van der Waals surface area contributed by atoms with Crippen molar-refractivity contribution in [1.82, 2.24) is 4.57 Å². The molecule has 102 valence electrons. The van der Waals surface area contributed by atoms with Crippen molar-refractivity contribution in [3.8, 4) is 0 Å². The lowest BCUT2D eigenvalue weighted by molar-refractivity contribution is 0.155. The molecule has 1 aromatic carbocycles. The van der Waals surface area contributed by atoms with Crippen LogP contribution in [0.5, 0.6) is 0 Å². The van der Waals surface area contributed by atoms with Gasteiger partial charge in [0.1, 0.15) is 0 Å². The molecule has 0 unspecified atom stereocenters. The predicted octanol–water partition coefficient (Wildman–Crippen LogP) is 4.33. The molecule has 0 spiro atoms. The maximum Gasteiger partial charge on any atom is 0.418 e. The fourth-order valence-corrected chi connectivity index (χ4v) is 2.11. The highest BCUT2D eigenvalue weighted by Crippen LogP contribution is 2.29. The first-order valence-corrected chi connectivity index (χ1v) is 6.78. The number of benzene rings is 1. The van der Waals surface area contributed by atoms with Gasteiger partial charge in [-0.3, -0.25) is 4.57 Å². The number of ether oxygens (including phenoxy) is 1. The van der Waals surface area contributed by atoms with Crippen molar-refractivity contribution in [2.45, 2.75) is 39.5 Å². The molecule has 0 aliphatic rings. The van der Waals surface area contributed by atoms with E-state index >= 15 is 0 Å². The molecule has 0 bridgehead atoms. The van der Waals surface area contributed by atoms with Crippen LogP contribution < -0.4 is 0 Å². The number of hydrogen-bond acceptors (Lipinski definition) is 2. The van der Waals surface area contributed by atoms with Gasteiger partial charge < -0.3 is 4.74 Å². The molecule has 1 heterocycles. The van der Waals surface area contributed by atoms with Crippen LogP contribution in [-0.2, 0) is 10.2 Å². The summed E-state index contributed by atoms with van der Waals surface area (Å²) in [5, 5.41) is 1.06. The zero-order valence-corrected chi connectivity index (χ0v) is 12.1. The van der Waals surface area contributed by atoms with E-state index in [9.17, 15) is 4.79 Å². The molecule has 1 aromatic heterocycles. The van der Waals surface area contributed by atoms with E-state index in [2.05, 4.69) is 39.0 Å². The third-order valence-corrected chi connectivity index (χ3v) is 3.82. The number of fused-ring (bicyclic) bond motifs is 1. The normalized spacial score (nSPS) is 11.8. The molecule has 0 aliphatic heterocycles. The van der Waals surface area contributed by atoms with Gasteiger partial charge in [-0.2, -0.15) is 0 Å². The molecule has 0 fully saturated rings. The summed E-state index contributed by atoms with van der Waals surface area (Å²) in [7, 11) is 0. The molecule has 2 aromatic rings. The van der Waals surface area contributed by atoms with Crippen LogP contribution >= 0.6 is 0 Å². The predicted molar refractivity (Wildman–Crippen MR) is 77.7 cm³/mol. The number of nitrogens with zero attached hydrogens (tertiary/aromatic N) is 1. The second-order valence-electron chi connectivity index (χ2n) is 5.40. The van der Waals surface area contributed by atoms with Gasteiger partial charge in [-0.05, 0) is 36.5 Å². The SMILES string of the molecule is CCOC(=O)n1ccc2ccc(C(C)(C)CC)cc21. The third-order valence-electron chi connectivity index (χ3n) is 3.82. The second-order valence-corrected chi connectivity index (χ2v) is 5.40. The minimum atomic E-state index is -0.316. The molecule has 0 amide bonds. The second kappa shape index (κ2) is 5.08. The standard InChI is InChI=1S/C16H21NO2/c1-5-16(3,4)13-8-7-12-9-10-17(14(12)11-13)15(18)19-6-2/h7-11H,5-6H2,1-4H3. The summed E-state index contributed by atoms with van der Waals surface area (Å²) in [6.07, 6.45) is 2.51. The Labute approximate surface area is 114 Å². The van der Waals surface area contributed by atoms with Crippen molar-refractivity contribution in [2.75, 3.05) is 6.61 Å². The van der Waals surface area contributed by atoms with Gasteiger partial charge in [0.15, 0.2) is 0 Å². The number of rotatable bonds is 3. The molecule has 2 rings (SSSR count). The maximum atomic E-state index is 11.9. The van der Waals surface area contributed by atoms with Gasteiger partial charge in [0.2, 0.25) is 0 Å². The van der Waals surface area contributed by atoms with Gasteiger partial charge in [0, 0.05) is 11.6 Å². The minimum absolute atomic E-state index is 0.109. The van der Waals surface area contributed by atoms with E-state index in [0.717, 1.165) is 17.3 Å². The number of hydrogen-bond donors (Lipinski definition) is 0. The lowest BCUT2D eigenvalue weighted by atomic mass is 9.82. The fourth-order valence-electron chi connectivity index (χ4n) is 2.11. The van der Waals surface area contributed by atoms with E-state index < -0.39 is 0 Å². The summed E-state index contributed by atoms with van der Waals surface area (Å²) in [6.45, 7) is 8.81. The quantitative estimate of drug-likeness (QED) is 0.821. The van der Waals surface area contributed by atoms with E-state index in [0.29, 0.717) is 6.61 Å². The van der Waals surface area contributed by atoms with Gasteiger partial charge in [-0.15, -0.1) is 0 Å². The Morgan fingerprint density at radius 2 is 2.00 bits per heavy atom. The molecule has 0 aliphatic carbocycles. The summed E-state index contributed by atoms with van der Waals surface area (Å²) in [6, 6.07) is 8.24. The van der Waals surface area contributed by atoms with Crippen LogP contribution in [0.15, 0.2) is 30.5 Å². The first-order valence-electron chi connectivity index (χ1n) is 6.78. The van der Waals surface area contributed by atoms with Crippen LogP contribution in [0.25, 0.3) is 10.9 Å². The molecule has 3 heteroatoms. The Morgan fingerprint density at radius 3 is 2.63 bits per heavy atom. The van der Waals surface area contributed by atoms with Crippen LogP contribution in [0, 0.1) is 0 Å². The summed E-state index contributed by atoms with van der Waals surface area (Å²) in [4.78, 5) is 11.9. The van der Waals surface area contributed by atoms with E-state index in [4.69, 9.17) is 4.74 Å². The highest BCUT2D eigenvalue weighted by Gasteiger charge is 2.19. The van der Waals surface area contributed by atoms with Crippen LogP contribution in [0.2, 0.25) is 0 Å². The van der Waals surface area contributed by atoms with Gasteiger partial charge in [0.25, 0.3) is 0 Å². The molecule has 19 heavy (non-hydrogen) atoms. The van der Waals surface area contributed by atoms with Gasteiger partial charge in [0.05, 0.1) is 12.1 Å². The zero-order valence-electron chi connectivity index (χ0n) is 12.1. The Morgan fingerprint density at radius 1 is 1.26 bits per heavy atom. The number of carbonyl (C=O) groups excluding carboxylic acids is 1. The van der Waals surface area contributed by atoms with Crippen molar-refractivity contribution in [3.05, 3.63) is 36.0 Å². The average molecular weight is 259 g/mol. The molecule has 3 nitrogen and oxygen atoms in total. The van der Waals surface area contributed by atoms with Crippen molar-refractivity contribution in [2.24, 2.45) is 0 Å². The van der Waals surface area contributed by atoms with Crippen LogP contribution in [0.4, 0.5) is 4.79 Å². The smallest absolute Gasteiger partial charge is 0.418 e. The van der Waals surface area contributed by atoms with E-state index in [1.807, 2.05) is 13.0 Å². The summed E-state index contributed by atoms with van der Waals surface area (Å²) < 4.78 is 6.65. The van der Waals surface area contributed by atoms with Crippen LogP contribution in [-0.4, -0.2) is 17.3 Å². The first-order chi connectivity index (χ1) is 8.99. The van der Waals surface area contributed by atoms with Crippen molar-refractivity contribution < 1.29 is 9.53 Å². The third kappa shape index (κ3) is 2.50. The Balaban J connectivity index is 2.52. The van der Waals surface area contributed by atoms with Gasteiger partial charge in [-0.25, -0.2) is 4.79 Å². The lowest BCUT2D eigenvalue weighted by Crippen LogP contribution is -2.16. The molecule has 0 N–H and O–H groups in total. The summed E-state index contributed by atoms with van der Waals surface area (Å²) >= 11 is 0. The lowest BCUT2D eigenvalue weighted by Gasteiger charge is -2.23. The van der Waals surface area contributed by atoms with Crippen molar-refractivity contribution in [3.63, 3.8) is 0 Å². The Bertz CT molecular complexity index is 596. The van der Waals surface area contributed by atoms with Crippen molar-refractivity contribution in [1.29, 1.82) is 0 Å². The Kier molecular flexibility index (Phi) is 3.65. The molecule has 0 saturated heterocycles. The van der Waals surface area contributed by atoms with Crippen LogP contribution in [0.1, 0.15) is 39.7 Å². The topological polar surface area (TPSA) is 31.2 Å². The maximum absolute atomic E-state index is 11.9. The molecule has 0 atom stereocenters. The largest absolute Gasteiger partial charge is 0.449 e.